The normalized spacial score (nSPS) is 10.5. The minimum absolute atomic E-state index is 0.0532. The summed E-state index contributed by atoms with van der Waals surface area (Å²) >= 11 is 1.29. The molecule has 3 aromatic rings. The zero-order valence-corrected chi connectivity index (χ0v) is 15.0. The van der Waals surface area contributed by atoms with Crippen LogP contribution in [0.25, 0.3) is 11.5 Å². The first-order valence-corrected chi connectivity index (χ1v) is 8.90. The topological polar surface area (TPSA) is 84.6 Å². The number of nitrogens with zero attached hydrogens (tertiary/aromatic N) is 1. The summed E-state index contributed by atoms with van der Waals surface area (Å²) in [6, 6.07) is 15.1. The Morgan fingerprint density at radius 2 is 2.04 bits per heavy atom. The van der Waals surface area contributed by atoms with Gasteiger partial charge in [0.2, 0.25) is 5.88 Å². The second kappa shape index (κ2) is 8.44. The van der Waals surface area contributed by atoms with Crippen LogP contribution in [0.3, 0.4) is 0 Å². The number of hydrogen-bond donors (Lipinski definition) is 2. The molecular weight excluding hydrogens is 352 g/mol. The summed E-state index contributed by atoms with van der Waals surface area (Å²) in [5.41, 5.74) is 2.57. The molecule has 0 atom stereocenters. The lowest BCUT2D eigenvalue weighted by Gasteiger charge is -2.11. The number of methoxy groups -OCH3 is 1. The van der Waals surface area contributed by atoms with Gasteiger partial charge < -0.3 is 19.6 Å². The molecule has 7 heteroatoms. The van der Waals surface area contributed by atoms with Gasteiger partial charge in [0.15, 0.2) is 5.76 Å². The number of hydrogen-bond acceptors (Lipinski definition) is 6. The summed E-state index contributed by atoms with van der Waals surface area (Å²) in [5.74, 6) is 0.463. The van der Waals surface area contributed by atoms with E-state index in [1.54, 1.807) is 13.4 Å². The van der Waals surface area contributed by atoms with Crippen molar-refractivity contribution in [3.8, 4) is 17.3 Å². The number of carboxylic acid groups (broad SMARTS) is 1. The van der Waals surface area contributed by atoms with E-state index in [4.69, 9.17) is 14.3 Å². The monoisotopic (exact) mass is 370 g/mol. The molecule has 0 aliphatic rings. The number of rotatable bonds is 8. The van der Waals surface area contributed by atoms with Crippen molar-refractivity contribution in [2.45, 2.75) is 11.4 Å². The predicted molar refractivity (Wildman–Crippen MR) is 101 cm³/mol. The number of pyridine rings is 1. The van der Waals surface area contributed by atoms with Crippen LogP contribution in [0.4, 0.5) is 5.69 Å². The zero-order valence-electron chi connectivity index (χ0n) is 14.1. The molecular formula is C19H18N2O4S. The Hall–Kier alpha value is -2.93. The van der Waals surface area contributed by atoms with Gasteiger partial charge in [-0.2, -0.15) is 0 Å². The van der Waals surface area contributed by atoms with Crippen LogP contribution in [0.15, 0.2) is 64.1 Å². The summed E-state index contributed by atoms with van der Waals surface area (Å²) in [7, 11) is 1.59. The number of carbonyl (C=O) groups is 1. The van der Waals surface area contributed by atoms with Gasteiger partial charge >= 0.3 is 5.97 Å². The summed E-state index contributed by atoms with van der Waals surface area (Å²) in [5, 5.41) is 12.0. The zero-order chi connectivity index (χ0) is 18.4. The highest BCUT2D eigenvalue weighted by Crippen LogP contribution is 2.25. The van der Waals surface area contributed by atoms with E-state index in [1.165, 1.54) is 11.8 Å². The molecule has 0 unspecified atom stereocenters. The highest BCUT2D eigenvalue weighted by molar-refractivity contribution is 8.00. The molecule has 2 N–H and O–H groups in total. The SMILES string of the molecule is COc1nc(-c2ccco2)ccc1CNc1ccc(SCC(=O)O)cc1. The Morgan fingerprint density at radius 3 is 2.69 bits per heavy atom. The number of anilines is 1. The molecule has 2 heterocycles. The van der Waals surface area contributed by atoms with Crippen LogP contribution < -0.4 is 10.1 Å². The van der Waals surface area contributed by atoms with Gasteiger partial charge in [0, 0.05) is 22.7 Å². The molecule has 1 aromatic carbocycles. The van der Waals surface area contributed by atoms with Crippen LogP contribution in [0.2, 0.25) is 0 Å². The molecule has 0 spiro atoms. The Balaban J connectivity index is 1.64. The summed E-state index contributed by atoms with van der Waals surface area (Å²) < 4.78 is 10.8. The fraction of sp³-hybridized carbons (Fsp3) is 0.158. The molecule has 6 nitrogen and oxygen atoms in total. The van der Waals surface area contributed by atoms with Gasteiger partial charge in [-0.1, -0.05) is 0 Å². The van der Waals surface area contributed by atoms with Crippen molar-refractivity contribution in [2.24, 2.45) is 0 Å². The number of nitrogens with one attached hydrogen (secondary N) is 1. The van der Waals surface area contributed by atoms with Gasteiger partial charge in [-0.05, 0) is 48.5 Å². The van der Waals surface area contributed by atoms with Crippen molar-refractivity contribution < 1.29 is 19.1 Å². The van der Waals surface area contributed by atoms with Crippen LogP contribution in [0.1, 0.15) is 5.56 Å². The summed E-state index contributed by atoms with van der Waals surface area (Å²) in [6.07, 6.45) is 1.61. The third kappa shape index (κ3) is 4.58. The highest BCUT2D eigenvalue weighted by atomic mass is 32.2. The molecule has 0 saturated heterocycles. The van der Waals surface area contributed by atoms with Crippen molar-refractivity contribution in [1.82, 2.24) is 4.98 Å². The van der Waals surface area contributed by atoms with Gasteiger partial charge in [0.05, 0.1) is 19.1 Å². The van der Waals surface area contributed by atoms with Crippen LogP contribution in [0.5, 0.6) is 5.88 Å². The number of aliphatic carboxylic acids is 1. The quantitative estimate of drug-likeness (QED) is 0.577. The standard InChI is InChI=1S/C19H18N2O4S/c1-24-19-13(4-9-16(21-19)17-3-2-10-25-17)11-20-14-5-7-15(8-6-14)26-12-18(22)23/h2-10,20H,11-12H2,1H3,(H,22,23). The van der Waals surface area contributed by atoms with Gasteiger partial charge in [-0.15, -0.1) is 11.8 Å². The van der Waals surface area contributed by atoms with Crippen LogP contribution >= 0.6 is 11.8 Å². The average molecular weight is 370 g/mol. The first-order valence-electron chi connectivity index (χ1n) is 7.92. The Labute approximate surface area is 155 Å². The second-order valence-corrected chi connectivity index (χ2v) is 6.45. The predicted octanol–water partition coefficient (Wildman–Crippen LogP) is 4.14. The first kappa shape index (κ1) is 17.9. The van der Waals surface area contributed by atoms with Crippen molar-refractivity contribution >= 4 is 23.4 Å². The molecule has 0 saturated carbocycles. The van der Waals surface area contributed by atoms with Crippen molar-refractivity contribution in [1.29, 1.82) is 0 Å². The second-order valence-electron chi connectivity index (χ2n) is 5.40. The number of carboxylic acids is 1. The third-order valence-corrected chi connectivity index (χ3v) is 4.60. The lowest BCUT2D eigenvalue weighted by molar-refractivity contribution is -0.133. The number of furan rings is 1. The molecule has 0 aliphatic heterocycles. The molecule has 2 aromatic heterocycles. The van der Waals surface area contributed by atoms with Crippen molar-refractivity contribution in [2.75, 3.05) is 18.2 Å². The maximum absolute atomic E-state index is 10.6. The minimum Gasteiger partial charge on any atom is -0.481 e. The Morgan fingerprint density at radius 1 is 1.23 bits per heavy atom. The smallest absolute Gasteiger partial charge is 0.313 e. The van der Waals surface area contributed by atoms with Crippen LogP contribution in [-0.2, 0) is 11.3 Å². The molecule has 0 amide bonds. The van der Waals surface area contributed by atoms with E-state index in [0.29, 0.717) is 18.2 Å². The summed E-state index contributed by atoms with van der Waals surface area (Å²) in [4.78, 5) is 16.0. The van der Waals surface area contributed by atoms with Gasteiger partial charge in [0.25, 0.3) is 0 Å². The van der Waals surface area contributed by atoms with Crippen LogP contribution in [0, 0.1) is 0 Å². The van der Waals surface area contributed by atoms with E-state index >= 15 is 0 Å². The maximum Gasteiger partial charge on any atom is 0.313 e. The van der Waals surface area contributed by atoms with Gasteiger partial charge in [0.1, 0.15) is 5.69 Å². The maximum atomic E-state index is 10.6. The van der Waals surface area contributed by atoms with E-state index in [2.05, 4.69) is 10.3 Å². The van der Waals surface area contributed by atoms with Gasteiger partial charge in [-0.25, -0.2) is 4.98 Å². The van der Waals surface area contributed by atoms with E-state index in [9.17, 15) is 4.79 Å². The fourth-order valence-electron chi connectivity index (χ4n) is 2.35. The van der Waals surface area contributed by atoms with Gasteiger partial charge in [-0.3, -0.25) is 4.79 Å². The number of ether oxygens (including phenoxy) is 1. The summed E-state index contributed by atoms with van der Waals surface area (Å²) in [6.45, 7) is 0.552. The van der Waals surface area contributed by atoms with Crippen molar-refractivity contribution in [3.05, 3.63) is 60.4 Å². The Bertz CT molecular complexity index is 864. The molecule has 0 aliphatic carbocycles. The molecule has 0 radical (unpaired) electrons. The lowest BCUT2D eigenvalue weighted by atomic mass is 10.2. The lowest BCUT2D eigenvalue weighted by Crippen LogP contribution is -2.03. The Kier molecular flexibility index (Phi) is 5.80. The molecule has 0 fully saturated rings. The molecule has 134 valence electrons. The van der Waals surface area contributed by atoms with E-state index < -0.39 is 5.97 Å². The first-order chi connectivity index (χ1) is 12.7. The third-order valence-electron chi connectivity index (χ3n) is 3.61. The van der Waals surface area contributed by atoms with Crippen molar-refractivity contribution in [3.63, 3.8) is 0 Å². The van der Waals surface area contributed by atoms with E-state index in [1.807, 2.05) is 48.5 Å². The number of thioether (sulfide) groups is 1. The molecule has 3 rings (SSSR count). The molecule has 26 heavy (non-hydrogen) atoms. The molecule has 0 bridgehead atoms. The fourth-order valence-corrected chi connectivity index (χ4v) is 2.97. The average Bonchev–Trinajstić information content (AvgIpc) is 3.20. The van der Waals surface area contributed by atoms with Crippen LogP contribution in [-0.4, -0.2) is 28.9 Å². The minimum atomic E-state index is -0.824. The largest absolute Gasteiger partial charge is 0.481 e. The van der Waals surface area contributed by atoms with E-state index in [0.717, 1.165) is 21.8 Å². The number of benzene rings is 1. The van der Waals surface area contributed by atoms with E-state index in [-0.39, 0.29) is 5.75 Å². The number of aromatic nitrogens is 1. The highest BCUT2D eigenvalue weighted by Gasteiger charge is 2.09.